The Morgan fingerprint density at radius 3 is 2.57 bits per heavy atom. The van der Waals surface area contributed by atoms with Crippen LogP contribution >= 0.6 is 12.2 Å². The largest absolute Gasteiger partial charge is 0.465 e. The van der Waals surface area contributed by atoms with Crippen LogP contribution in [-0.4, -0.2) is 61.1 Å². The average molecular weight is 354 g/mol. The van der Waals surface area contributed by atoms with Gasteiger partial charge in [-0.25, -0.2) is 8.42 Å². The molecule has 2 aliphatic heterocycles. The van der Waals surface area contributed by atoms with Crippen LogP contribution in [0.3, 0.4) is 0 Å². The van der Waals surface area contributed by atoms with Gasteiger partial charge in [-0.2, -0.15) is 0 Å². The number of nitrogens with zero attached hydrogens (tertiary/aromatic N) is 2. The molecule has 0 radical (unpaired) electrons. The van der Waals surface area contributed by atoms with Crippen molar-refractivity contribution in [2.24, 2.45) is 0 Å². The van der Waals surface area contributed by atoms with Crippen LogP contribution in [0.2, 0.25) is 0 Å². The molecule has 0 spiro atoms. The lowest BCUT2D eigenvalue weighted by Gasteiger charge is -2.25. The van der Waals surface area contributed by atoms with Crippen LogP contribution in [0.1, 0.15) is 6.92 Å². The van der Waals surface area contributed by atoms with E-state index in [0.29, 0.717) is 5.11 Å². The normalized spacial score (nSPS) is 25.5. The van der Waals surface area contributed by atoms with Crippen molar-refractivity contribution in [2.45, 2.75) is 19.0 Å². The Morgan fingerprint density at radius 1 is 1.26 bits per heavy atom. The molecule has 1 aromatic carbocycles. The van der Waals surface area contributed by atoms with Gasteiger partial charge in [-0.3, -0.25) is 4.79 Å². The number of rotatable bonds is 4. The molecule has 6 nitrogen and oxygen atoms in total. The number of sulfone groups is 1. The summed E-state index contributed by atoms with van der Waals surface area (Å²) in [4.78, 5) is 15.4. The fourth-order valence-electron chi connectivity index (χ4n) is 3.20. The van der Waals surface area contributed by atoms with Gasteiger partial charge in [0, 0.05) is 5.69 Å². The molecule has 0 aromatic heterocycles. The number of carbonyl (C=O) groups is 1. The third-order valence-electron chi connectivity index (χ3n) is 4.12. The first-order chi connectivity index (χ1) is 10.9. The van der Waals surface area contributed by atoms with Crippen LogP contribution in [0.25, 0.3) is 0 Å². The number of hydrogen-bond donors (Lipinski definition) is 0. The van der Waals surface area contributed by atoms with E-state index in [0.717, 1.165) is 5.69 Å². The maximum Gasteiger partial charge on any atom is 0.325 e. The number of ether oxygens (including phenoxy) is 1. The Morgan fingerprint density at radius 2 is 1.91 bits per heavy atom. The van der Waals surface area contributed by atoms with Crippen molar-refractivity contribution in [3.8, 4) is 0 Å². The fourth-order valence-corrected chi connectivity index (χ4v) is 5.59. The topological polar surface area (TPSA) is 66.9 Å². The first-order valence-electron chi connectivity index (χ1n) is 7.44. The molecule has 0 unspecified atom stereocenters. The second kappa shape index (κ2) is 6.09. The molecule has 3 rings (SSSR count). The van der Waals surface area contributed by atoms with Crippen molar-refractivity contribution in [3.05, 3.63) is 30.3 Å². The monoisotopic (exact) mass is 354 g/mol. The van der Waals surface area contributed by atoms with E-state index < -0.39 is 15.8 Å². The summed E-state index contributed by atoms with van der Waals surface area (Å²) in [5, 5.41) is 0.481. The maximum atomic E-state index is 12.1. The van der Waals surface area contributed by atoms with Gasteiger partial charge in [0.25, 0.3) is 0 Å². The maximum absolute atomic E-state index is 12.1. The molecule has 2 heterocycles. The van der Waals surface area contributed by atoms with Crippen molar-refractivity contribution < 1.29 is 17.9 Å². The quantitative estimate of drug-likeness (QED) is 0.586. The van der Waals surface area contributed by atoms with Crippen LogP contribution in [-0.2, 0) is 19.4 Å². The van der Waals surface area contributed by atoms with E-state index in [-0.39, 0.29) is 36.7 Å². The van der Waals surface area contributed by atoms with E-state index in [2.05, 4.69) is 0 Å². The first kappa shape index (κ1) is 16.2. The number of benzene rings is 1. The van der Waals surface area contributed by atoms with Crippen LogP contribution in [0.15, 0.2) is 30.3 Å². The molecule has 2 aliphatic rings. The van der Waals surface area contributed by atoms with Crippen LogP contribution < -0.4 is 4.90 Å². The lowest BCUT2D eigenvalue weighted by molar-refractivity contribution is -0.143. The summed E-state index contributed by atoms with van der Waals surface area (Å²) in [5.74, 6) is -0.333. The molecule has 2 atom stereocenters. The van der Waals surface area contributed by atoms with Crippen molar-refractivity contribution in [3.63, 3.8) is 0 Å². The van der Waals surface area contributed by atoms with Gasteiger partial charge in [0.15, 0.2) is 14.9 Å². The second-order valence-corrected chi connectivity index (χ2v) is 8.15. The Hall–Kier alpha value is -1.67. The van der Waals surface area contributed by atoms with Crippen molar-refractivity contribution in [1.82, 2.24) is 4.90 Å². The summed E-state index contributed by atoms with van der Waals surface area (Å²) in [7, 11) is -3.15. The van der Waals surface area contributed by atoms with Gasteiger partial charge in [-0.05, 0) is 31.3 Å². The predicted octanol–water partition coefficient (Wildman–Crippen LogP) is 0.822. The molecule has 2 fully saturated rings. The smallest absolute Gasteiger partial charge is 0.325 e. The van der Waals surface area contributed by atoms with E-state index >= 15 is 0 Å². The van der Waals surface area contributed by atoms with E-state index in [1.54, 1.807) is 11.8 Å². The Kier molecular flexibility index (Phi) is 4.29. The van der Waals surface area contributed by atoms with Gasteiger partial charge in [0.1, 0.15) is 6.54 Å². The lowest BCUT2D eigenvalue weighted by Crippen LogP contribution is -2.41. The molecule has 0 saturated carbocycles. The average Bonchev–Trinajstić information content (AvgIpc) is 2.92. The van der Waals surface area contributed by atoms with Gasteiger partial charge in [-0.15, -0.1) is 0 Å². The zero-order chi connectivity index (χ0) is 16.6. The van der Waals surface area contributed by atoms with Gasteiger partial charge in [0.05, 0.1) is 30.2 Å². The van der Waals surface area contributed by atoms with E-state index in [4.69, 9.17) is 17.0 Å². The lowest BCUT2D eigenvalue weighted by atomic mass is 10.1. The highest BCUT2D eigenvalue weighted by Crippen LogP contribution is 2.34. The number of anilines is 1. The molecule has 0 aliphatic carbocycles. The summed E-state index contributed by atoms with van der Waals surface area (Å²) in [6, 6.07) is 8.86. The SMILES string of the molecule is CCOC(=O)CN1C(=S)N(c2ccccc2)[C@@H]2CS(=O)(=O)C[C@H]21. The highest BCUT2D eigenvalue weighted by molar-refractivity contribution is 7.91. The second-order valence-electron chi connectivity index (χ2n) is 5.63. The Labute approximate surface area is 140 Å². The van der Waals surface area contributed by atoms with Crippen LogP contribution in [0.4, 0.5) is 5.69 Å². The third kappa shape index (κ3) is 3.05. The summed E-state index contributed by atoms with van der Waals surface area (Å²) < 4.78 is 29.1. The molecular weight excluding hydrogens is 336 g/mol. The molecule has 1 aromatic rings. The number of hydrogen-bond acceptors (Lipinski definition) is 5. The van der Waals surface area contributed by atoms with Crippen molar-refractivity contribution in [1.29, 1.82) is 0 Å². The van der Waals surface area contributed by atoms with Crippen LogP contribution in [0, 0.1) is 0 Å². The van der Waals surface area contributed by atoms with Gasteiger partial charge < -0.3 is 14.5 Å². The summed E-state index contributed by atoms with van der Waals surface area (Å²) in [6.07, 6.45) is 0. The molecule has 23 heavy (non-hydrogen) atoms. The van der Waals surface area contributed by atoms with E-state index in [1.807, 2.05) is 35.2 Å². The zero-order valence-electron chi connectivity index (χ0n) is 12.7. The molecule has 0 amide bonds. The zero-order valence-corrected chi connectivity index (χ0v) is 14.3. The molecule has 124 valence electrons. The minimum Gasteiger partial charge on any atom is -0.465 e. The molecule has 0 N–H and O–H groups in total. The standard InChI is InChI=1S/C15H18N2O4S2/c1-2-21-14(18)8-16-12-9-23(19,20)10-13(12)17(15(16)22)11-6-4-3-5-7-11/h3-7,12-13H,2,8-10H2,1H3/t12-,13-/m1/s1. The van der Waals surface area contributed by atoms with E-state index in [9.17, 15) is 13.2 Å². The van der Waals surface area contributed by atoms with Gasteiger partial charge in [-0.1, -0.05) is 18.2 Å². The number of thiocarbonyl (C=S) groups is 1. The van der Waals surface area contributed by atoms with Crippen molar-refractivity contribution in [2.75, 3.05) is 29.6 Å². The molecule has 2 saturated heterocycles. The number of fused-ring (bicyclic) bond motifs is 1. The highest BCUT2D eigenvalue weighted by Gasteiger charge is 2.52. The fraction of sp³-hybridized carbons (Fsp3) is 0.467. The molecule has 0 bridgehead atoms. The van der Waals surface area contributed by atoms with Crippen LogP contribution in [0.5, 0.6) is 0 Å². The van der Waals surface area contributed by atoms with Gasteiger partial charge >= 0.3 is 5.97 Å². The summed E-state index contributed by atoms with van der Waals surface area (Å²) >= 11 is 5.53. The molecule has 8 heteroatoms. The minimum atomic E-state index is -3.15. The first-order valence-corrected chi connectivity index (χ1v) is 9.67. The number of carbonyl (C=O) groups excluding carboxylic acids is 1. The van der Waals surface area contributed by atoms with Crippen molar-refractivity contribution >= 4 is 38.8 Å². The Bertz CT molecular complexity index is 720. The third-order valence-corrected chi connectivity index (χ3v) is 6.25. The summed E-state index contributed by atoms with van der Waals surface area (Å²) in [6.45, 7) is 2.00. The number of para-hydroxylation sites is 1. The summed E-state index contributed by atoms with van der Waals surface area (Å²) in [5.41, 5.74) is 0.843. The van der Waals surface area contributed by atoms with Gasteiger partial charge in [0.2, 0.25) is 0 Å². The highest BCUT2D eigenvalue weighted by atomic mass is 32.2. The predicted molar refractivity (Wildman–Crippen MR) is 91.1 cm³/mol. The minimum absolute atomic E-state index is 0.0144. The number of esters is 1. The molecular formula is C15H18N2O4S2. The Balaban J connectivity index is 1.93. The van der Waals surface area contributed by atoms with E-state index in [1.165, 1.54) is 0 Å².